The van der Waals surface area contributed by atoms with Crippen LogP contribution in [-0.4, -0.2) is 42.6 Å². The van der Waals surface area contributed by atoms with Gasteiger partial charge in [0.25, 0.3) is 0 Å². The van der Waals surface area contributed by atoms with Gasteiger partial charge in [0.05, 0.1) is 18.9 Å². The standard InChI is InChI=1S/C28H25N5O2S/c34-17-24-26-20(10-11-29-24)16-23(25-18-36-28(32-25)19-4-2-1-3-5-19)31-27(26)30-21-6-8-22(9-7-21)33-12-14-35-15-13-33/h1-11,16-18,24,29H,12-15H2,(H,30,31). The van der Waals surface area contributed by atoms with Crippen LogP contribution < -0.4 is 15.5 Å². The van der Waals surface area contributed by atoms with Gasteiger partial charge in [-0.3, -0.25) is 0 Å². The molecule has 1 atom stereocenters. The number of aromatic nitrogens is 2. The van der Waals surface area contributed by atoms with Crippen LogP contribution in [-0.2, 0) is 9.53 Å². The van der Waals surface area contributed by atoms with Crippen LogP contribution in [0.2, 0.25) is 0 Å². The Morgan fingerprint density at radius 1 is 1.03 bits per heavy atom. The van der Waals surface area contributed by atoms with Crippen LogP contribution in [0.25, 0.3) is 28.0 Å². The van der Waals surface area contributed by atoms with E-state index in [0.717, 1.165) is 71.4 Å². The second-order valence-electron chi connectivity index (χ2n) is 8.65. The lowest BCUT2D eigenvalue weighted by atomic mass is 9.98. The molecule has 7 nitrogen and oxygen atoms in total. The summed E-state index contributed by atoms with van der Waals surface area (Å²) in [6.45, 7) is 3.28. The second kappa shape index (κ2) is 9.93. The summed E-state index contributed by atoms with van der Waals surface area (Å²) in [5.74, 6) is 0.643. The summed E-state index contributed by atoms with van der Waals surface area (Å²) in [7, 11) is 0. The molecule has 0 aliphatic carbocycles. The molecule has 0 bridgehead atoms. The number of rotatable bonds is 6. The van der Waals surface area contributed by atoms with E-state index in [-0.39, 0.29) is 0 Å². The average molecular weight is 496 g/mol. The lowest BCUT2D eigenvalue weighted by Gasteiger charge is -2.29. The lowest BCUT2D eigenvalue weighted by Crippen LogP contribution is -2.36. The highest BCUT2D eigenvalue weighted by Crippen LogP contribution is 2.35. The summed E-state index contributed by atoms with van der Waals surface area (Å²) in [4.78, 5) is 24.0. The Bertz CT molecular complexity index is 1400. The van der Waals surface area contributed by atoms with E-state index in [2.05, 4.69) is 39.8 Å². The highest BCUT2D eigenvalue weighted by atomic mass is 32.1. The normalized spacial score (nSPS) is 16.8. The number of hydrogen-bond donors (Lipinski definition) is 2. The van der Waals surface area contributed by atoms with Crippen molar-refractivity contribution in [2.75, 3.05) is 36.5 Å². The average Bonchev–Trinajstić information content (AvgIpc) is 3.45. The largest absolute Gasteiger partial charge is 0.378 e. The molecular weight excluding hydrogens is 470 g/mol. The molecule has 2 aromatic carbocycles. The summed E-state index contributed by atoms with van der Waals surface area (Å²) in [6.07, 6.45) is 4.69. The van der Waals surface area contributed by atoms with Crippen molar-refractivity contribution >= 4 is 40.9 Å². The highest BCUT2D eigenvalue weighted by molar-refractivity contribution is 7.13. The summed E-state index contributed by atoms with van der Waals surface area (Å²) in [5.41, 5.74) is 6.48. The van der Waals surface area contributed by atoms with Gasteiger partial charge in [-0.05, 0) is 48.2 Å². The van der Waals surface area contributed by atoms with Gasteiger partial charge in [0.1, 0.15) is 28.8 Å². The molecule has 180 valence electrons. The van der Waals surface area contributed by atoms with E-state index in [1.165, 1.54) is 5.69 Å². The van der Waals surface area contributed by atoms with E-state index in [1.807, 2.05) is 54.1 Å². The molecule has 4 heterocycles. The third-order valence-electron chi connectivity index (χ3n) is 6.37. The Morgan fingerprint density at radius 3 is 2.61 bits per heavy atom. The van der Waals surface area contributed by atoms with Crippen molar-refractivity contribution in [3.05, 3.63) is 83.4 Å². The summed E-state index contributed by atoms with van der Waals surface area (Å²) in [6, 6.07) is 20.0. The minimum absolute atomic E-state index is 0.475. The molecular formula is C28H25N5O2S. The number of morpholine rings is 1. The number of thiazole rings is 1. The molecule has 8 heteroatoms. The van der Waals surface area contributed by atoms with Crippen LogP contribution in [0.3, 0.4) is 0 Å². The zero-order chi connectivity index (χ0) is 24.3. The van der Waals surface area contributed by atoms with Gasteiger partial charge >= 0.3 is 0 Å². The minimum atomic E-state index is -0.475. The first-order valence-corrected chi connectivity index (χ1v) is 12.8. The number of pyridine rings is 1. The van der Waals surface area contributed by atoms with E-state index >= 15 is 0 Å². The van der Waals surface area contributed by atoms with Crippen LogP contribution in [0.1, 0.15) is 17.2 Å². The van der Waals surface area contributed by atoms with Gasteiger partial charge in [-0.2, -0.15) is 0 Å². The molecule has 1 saturated heterocycles. The number of benzene rings is 2. The molecule has 0 saturated carbocycles. The number of nitrogens with one attached hydrogen (secondary N) is 2. The van der Waals surface area contributed by atoms with Crippen LogP contribution >= 0.6 is 11.3 Å². The number of carbonyl (C=O) groups is 1. The molecule has 0 spiro atoms. The monoisotopic (exact) mass is 495 g/mol. The Labute approximate surface area is 213 Å². The molecule has 6 rings (SSSR count). The van der Waals surface area contributed by atoms with Gasteiger partial charge in [-0.15, -0.1) is 11.3 Å². The maximum atomic E-state index is 11.9. The predicted octanol–water partition coefficient (Wildman–Crippen LogP) is 5.27. The lowest BCUT2D eigenvalue weighted by molar-refractivity contribution is -0.109. The fraction of sp³-hybridized carbons (Fsp3) is 0.179. The van der Waals surface area contributed by atoms with E-state index < -0.39 is 6.04 Å². The number of fused-ring (bicyclic) bond motifs is 1. The molecule has 2 aromatic heterocycles. The van der Waals surface area contributed by atoms with Crippen molar-refractivity contribution < 1.29 is 9.53 Å². The van der Waals surface area contributed by atoms with Gasteiger partial charge in [-0.25, -0.2) is 9.97 Å². The first kappa shape index (κ1) is 22.5. The number of aldehydes is 1. The molecule has 4 aromatic rings. The number of ether oxygens (including phenoxy) is 1. The molecule has 0 amide bonds. The molecule has 2 aliphatic heterocycles. The fourth-order valence-electron chi connectivity index (χ4n) is 4.52. The first-order chi connectivity index (χ1) is 17.8. The minimum Gasteiger partial charge on any atom is -0.378 e. The quantitative estimate of drug-likeness (QED) is 0.353. The van der Waals surface area contributed by atoms with Gasteiger partial charge in [0.2, 0.25) is 0 Å². The molecule has 2 N–H and O–H groups in total. The molecule has 0 radical (unpaired) electrons. The second-order valence-corrected chi connectivity index (χ2v) is 9.51. The molecule has 1 unspecified atom stereocenters. The fourth-order valence-corrected chi connectivity index (χ4v) is 5.34. The Morgan fingerprint density at radius 2 is 1.83 bits per heavy atom. The predicted molar refractivity (Wildman–Crippen MR) is 145 cm³/mol. The number of carbonyl (C=O) groups excluding carboxylic acids is 1. The zero-order valence-electron chi connectivity index (χ0n) is 19.6. The van der Waals surface area contributed by atoms with Gasteiger partial charge in [-0.1, -0.05) is 30.3 Å². The highest BCUT2D eigenvalue weighted by Gasteiger charge is 2.23. The van der Waals surface area contributed by atoms with Crippen molar-refractivity contribution in [1.29, 1.82) is 0 Å². The Hall–Kier alpha value is -4.01. The van der Waals surface area contributed by atoms with Gasteiger partial charge in [0, 0.05) is 41.0 Å². The van der Waals surface area contributed by atoms with Crippen molar-refractivity contribution in [3.8, 4) is 22.0 Å². The summed E-state index contributed by atoms with van der Waals surface area (Å²) in [5, 5.41) is 9.56. The van der Waals surface area contributed by atoms with Gasteiger partial charge in [0.15, 0.2) is 0 Å². The topological polar surface area (TPSA) is 79.4 Å². The summed E-state index contributed by atoms with van der Waals surface area (Å²) >= 11 is 1.59. The van der Waals surface area contributed by atoms with Crippen molar-refractivity contribution in [3.63, 3.8) is 0 Å². The van der Waals surface area contributed by atoms with E-state index in [0.29, 0.717) is 5.82 Å². The smallest absolute Gasteiger partial charge is 0.146 e. The van der Waals surface area contributed by atoms with E-state index in [1.54, 1.807) is 11.3 Å². The Kier molecular flexibility index (Phi) is 6.19. The zero-order valence-corrected chi connectivity index (χ0v) is 20.4. The van der Waals surface area contributed by atoms with Crippen LogP contribution in [0.4, 0.5) is 17.2 Å². The first-order valence-electron chi connectivity index (χ1n) is 11.9. The third kappa shape index (κ3) is 4.48. The molecule has 2 aliphatic rings. The number of anilines is 3. The number of hydrogen-bond acceptors (Lipinski definition) is 8. The summed E-state index contributed by atoms with van der Waals surface area (Å²) < 4.78 is 5.47. The molecule has 1 fully saturated rings. The van der Waals surface area contributed by atoms with Crippen LogP contribution in [0.5, 0.6) is 0 Å². The maximum absolute atomic E-state index is 11.9. The number of nitrogens with zero attached hydrogens (tertiary/aromatic N) is 3. The van der Waals surface area contributed by atoms with Crippen molar-refractivity contribution in [2.45, 2.75) is 6.04 Å². The van der Waals surface area contributed by atoms with Crippen molar-refractivity contribution in [1.82, 2.24) is 15.3 Å². The van der Waals surface area contributed by atoms with Gasteiger partial charge < -0.3 is 25.1 Å². The van der Waals surface area contributed by atoms with Crippen molar-refractivity contribution in [2.24, 2.45) is 0 Å². The van der Waals surface area contributed by atoms with Crippen LogP contribution in [0, 0.1) is 0 Å². The Balaban J connectivity index is 1.35. The molecule has 36 heavy (non-hydrogen) atoms. The SMILES string of the molecule is O=CC1NC=Cc2cc(-c3csc(-c4ccccc4)n3)nc(Nc3ccc(N4CCOCC4)cc3)c21. The van der Waals surface area contributed by atoms with E-state index in [9.17, 15) is 4.79 Å². The van der Waals surface area contributed by atoms with Crippen LogP contribution in [0.15, 0.2) is 72.2 Å². The maximum Gasteiger partial charge on any atom is 0.146 e. The third-order valence-corrected chi connectivity index (χ3v) is 7.26. The van der Waals surface area contributed by atoms with E-state index in [4.69, 9.17) is 14.7 Å².